The van der Waals surface area contributed by atoms with E-state index in [9.17, 15) is 27.5 Å². The molecule has 1 aliphatic carbocycles. The Balaban J connectivity index is 1.31. The van der Waals surface area contributed by atoms with Gasteiger partial charge >= 0.3 is 5.97 Å². The van der Waals surface area contributed by atoms with Gasteiger partial charge in [0, 0.05) is 36.5 Å². The number of halogens is 1. The van der Waals surface area contributed by atoms with E-state index in [0.717, 1.165) is 31.6 Å². The van der Waals surface area contributed by atoms with E-state index in [4.69, 9.17) is 4.74 Å². The first-order chi connectivity index (χ1) is 17.2. The number of nitrogens with one attached hydrogen (secondary N) is 2. The van der Waals surface area contributed by atoms with Gasteiger partial charge in [0.2, 0.25) is 15.9 Å². The topological polar surface area (TPSA) is 125 Å². The van der Waals surface area contributed by atoms with Crippen LogP contribution in [0.15, 0.2) is 41.3 Å². The number of para-hydroxylation sites is 1. The fourth-order valence-corrected chi connectivity index (χ4v) is 6.87. The van der Waals surface area contributed by atoms with E-state index >= 15 is 0 Å². The van der Waals surface area contributed by atoms with Gasteiger partial charge < -0.3 is 20.1 Å². The summed E-state index contributed by atoms with van der Waals surface area (Å²) in [5.74, 6) is -2.14. The molecule has 2 fully saturated rings. The molecule has 1 saturated heterocycles. The monoisotopic (exact) mass is 517 g/mol. The van der Waals surface area contributed by atoms with E-state index in [1.807, 2.05) is 6.92 Å². The van der Waals surface area contributed by atoms with Crippen molar-refractivity contribution in [2.75, 3.05) is 26.2 Å². The van der Waals surface area contributed by atoms with Crippen LogP contribution in [-0.2, 0) is 21.4 Å². The van der Waals surface area contributed by atoms with Crippen LogP contribution in [0.25, 0.3) is 0 Å². The van der Waals surface area contributed by atoms with E-state index in [2.05, 4.69) is 14.9 Å². The number of likely N-dealkylation sites (tertiary alicyclic amines) is 1. The highest BCUT2D eigenvalue weighted by Gasteiger charge is 2.57. The van der Waals surface area contributed by atoms with Crippen LogP contribution in [-0.4, -0.2) is 62.6 Å². The van der Waals surface area contributed by atoms with Gasteiger partial charge in [-0.15, -0.1) is 0 Å². The molecule has 2 aromatic carbocycles. The standard InChI is InChI=1S/C25H28FN3O6S/c1-2-29-9-8-14(12-29)24(30)27-11-15-10-16(26)6-7-20(15)36(33,34)28-22-19-13-35-23-17(21(19)22)4-3-5-18(23)25(31)32/h3-7,10,14,19,21-22,28H,2,8-9,11-13H2,1H3,(H,27,30)(H,31,32)/t14-,19?,21?,22?/m0/s1. The Morgan fingerprint density at radius 2 is 2.06 bits per heavy atom. The van der Waals surface area contributed by atoms with Gasteiger partial charge in [-0.1, -0.05) is 19.1 Å². The average molecular weight is 518 g/mol. The van der Waals surface area contributed by atoms with Gasteiger partial charge in [-0.2, -0.15) is 0 Å². The molecule has 2 aromatic rings. The predicted molar refractivity (Wildman–Crippen MR) is 128 cm³/mol. The van der Waals surface area contributed by atoms with Crippen molar-refractivity contribution in [1.29, 1.82) is 0 Å². The Hall–Kier alpha value is -3.02. The van der Waals surface area contributed by atoms with Gasteiger partial charge in [0.15, 0.2) is 0 Å². The van der Waals surface area contributed by atoms with Crippen LogP contribution in [0.3, 0.4) is 0 Å². The van der Waals surface area contributed by atoms with Crippen molar-refractivity contribution in [2.24, 2.45) is 11.8 Å². The molecule has 2 heterocycles. The number of ether oxygens (including phenoxy) is 1. The zero-order chi connectivity index (χ0) is 25.6. The lowest BCUT2D eigenvalue weighted by Gasteiger charge is -2.17. The molecule has 9 nitrogen and oxygen atoms in total. The highest BCUT2D eigenvalue weighted by atomic mass is 32.2. The molecule has 0 bridgehead atoms. The minimum atomic E-state index is -4.06. The smallest absolute Gasteiger partial charge is 0.339 e. The van der Waals surface area contributed by atoms with Crippen LogP contribution in [0.2, 0.25) is 0 Å². The molecule has 3 aliphatic rings. The summed E-state index contributed by atoms with van der Waals surface area (Å²) in [4.78, 5) is 26.2. The Kier molecular flexibility index (Phi) is 6.48. The summed E-state index contributed by atoms with van der Waals surface area (Å²) in [5.41, 5.74) is 0.859. The highest BCUT2D eigenvalue weighted by molar-refractivity contribution is 7.89. The van der Waals surface area contributed by atoms with Crippen molar-refractivity contribution in [3.8, 4) is 5.75 Å². The Labute approximate surface area is 208 Å². The second-order valence-electron chi connectivity index (χ2n) is 9.53. The number of carbonyl (C=O) groups is 2. The minimum Gasteiger partial charge on any atom is -0.492 e. The van der Waals surface area contributed by atoms with Crippen molar-refractivity contribution >= 4 is 21.9 Å². The molecule has 0 spiro atoms. The Morgan fingerprint density at radius 1 is 1.25 bits per heavy atom. The average Bonchev–Trinajstić information content (AvgIpc) is 3.31. The second-order valence-corrected chi connectivity index (χ2v) is 11.2. The Bertz CT molecular complexity index is 1320. The van der Waals surface area contributed by atoms with Crippen molar-refractivity contribution in [2.45, 2.75) is 36.7 Å². The number of carbonyl (C=O) groups excluding carboxylic acids is 1. The van der Waals surface area contributed by atoms with Crippen molar-refractivity contribution in [3.63, 3.8) is 0 Å². The molecule has 11 heteroatoms. The first-order valence-corrected chi connectivity index (χ1v) is 13.5. The first kappa shape index (κ1) is 24.7. The number of amides is 1. The third kappa shape index (κ3) is 4.58. The molecular weight excluding hydrogens is 489 g/mol. The number of benzene rings is 2. The summed E-state index contributed by atoms with van der Waals surface area (Å²) in [6, 6.07) is 7.73. The fraction of sp³-hybridized carbons (Fsp3) is 0.440. The molecule has 2 aliphatic heterocycles. The van der Waals surface area contributed by atoms with Crippen molar-refractivity contribution in [3.05, 3.63) is 58.9 Å². The van der Waals surface area contributed by atoms with E-state index in [1.165, 1.54) is 12.1 Å². The quantitative estimate of drug-likeness (QED) is 0.489. The third-order valence-corrected chi connectivity index (χ3v) is 8.93. The maximum atomic E-state index is 14.0. The largest absolute Gasteiger partial charge is 0.492 e. The van der Waals surface area contributed by atoms with Gasteiger partial charge in [-0.25, -0.2) is 22.3 Å². The van der Waals surface area contributed by atoms with Crippen LogP contribution in [0.1, 0.15) is 40.7 Å². The first-order valence-electron chi connectivity index (χ1n) is 12.0. The van der Waals surface area contributed by atoms with E-state index in [1.54, 1.807) is 12.1 Å². The summed E-state index contributed by atoms with van der Waals surface area (Å²) in [6.45, 7) is 4.46. The molecule has 3 unspecified atom stereocenters. The number of sulfonamides is 1. The van der Waals surface area contributed by atoms with Crippen LogP contribution >= 0.6 is 0 Å². The van der Waals surface area contributed by atoms with Crippen LogP contribution in [0.4, 0.5) is 4.39 Å². The third-order valence-electron chi connectivity index (χ3n) is 7.37. The Morgan fingerprint density at radius 3 is 2.78 bits per heavy atom. The van der Waals surface area contributed by atoms with Gasteiger partial charge in [0.25, 0.3) is 0 Å². The SMILES string of the molecule is CCN1CC[C@H](C(=O)NCc2cc(F)ccc2S(=O)(=O)NC2C3COc4c(C(=O)O)cccc4C32)C1. The van der Waals surface area contributed by atoms with Crippen LogP contribution < -0.4 is 14.8 Å². The fourth-order valence-electron chi connectivity index (χ4n) is 5.34. The summed E-state index contributed by atoms with van der Waals surface area (Å²) >= 11 is 0. The number of aromatic carboxylic acids is 1. The molecule has 0 radical (unpaired) electrons. The summed E-state index contributed by atoms with van der Waals surface area (Å²) in [7, 11) is -4.06. The number of rotatable bonds is 8. The minimum absolute atomic E-state index is 0.0420. The summed E-state index contributed by atoms with van der Waals surface area (Å²) in [6.07, 6.45) is 0.729. The number of carboxylic acids is 1. The van der Waals surface area contributed by atoms with E-state index in [0.29, 0.717) is 12.1 Å². The van der Waals surface area contributed by atoms with E-state index < -0.39 is 27.9 Å². The highest BCUT2D eigenvalue weighted by Crippen LogP contribution is 2.55. The lowest BCUT2D eigenvalue weighted by molar-refractivity contribution is -0.124. The normalized spacial score (nSPS) is 24.9. The zero-order valence-corrected chi connectivity index (χ0v) is 20.6. The lowest BCUT2D eigenvalue weighted by atomic mass is 10.0. The molecule has 3 N–H and O–H groups in total. The second kappa shape index (κ2) is 9.45. The molecule has 1 amide bonds. The lowest BCUT2D eigenvalue weighted by Crippen LogP contribution is -2.34. The van der Waals surface area contributed by atoms with Crippen molar-refractivity contribution < 1.29 is 32.2 Å². The number of carboxylic acid groups (broad SMARTS) is 1. The van der Waals surface area contributed by atoms with E-state index in [-0.39, 0.29) is 58.6 Å². The molecule has 5 rings (SSSR count). The van der Waals surface area contributed by atoms with Gasteiger partial charge in [0.1, 0.15) is 17.1 Å². The summed E-state index contributed by atoms with van der Waals surface area (Å²) < 4.78 is 49.1. The van der Waals surface area contributed by atoms with Gasteiger partial charge in [0.05, 0.1) is 17.4 Å². The number of nitrogens with zero attached hydrogens (tertiary/aromatic N) is 1. The van der Waals surface area contributed by atoms with Gasteiger partial charge in [-0.05, 0) is 49.3 Å². The maximum absolute atomic E-state index is 14.0. The number of hydrogen-bond donors (Lipinski definition) is 3. The summed E-state index contributed by atoms with van der Waals surface area (Å²) in [5, 5.41) is 12.2. The van der Waals surface area contributed by atoms with Crippen LogP contribution in [0.5, 0.6) is 5.75 Å². The predicted octanol–water partition coefficient (Wildman–Crippen LogP) is 1.93. The molecule has 1 saturated carbocycles. The zero-order valence-electron chi connectivity index (χ0n) is 19.7. The molecule has 0 aromatic heterocycles. The molecular formula is C25H28FN3O6S. The number of hydrogen-bond acceptors (Lipinski definition) is 6. The maximum Gasteiger partial charge on any atom is 0.339 e. The molecule has 4 atom stereocenters. The molecule has 192 valence electrons. The van der Waals surface area contributed by atoms with Gasteiger partial charge in [-0.3, -0.25) is 4.79 Å². The number of fused-ring (bicyclic) bond motifs is 3. The van der Waals surface area contributed by atoms with Crippen LogP contribution in [0, 0.1) is 17.7 Å². The molecule has 36 heavy (non-hydrogen) atoms. The van der Waals surface area contributed by atoms with Crippen molar-refractivity contribution in [1.82, 2.24) is 14.9 Å².